The average Bonchev–Trinajstić information content (AvgIpc) is 3.22. The van der Waals surface area contributed by atoms with Gasteiger partial charge in [0, 0.05) is 35.2 Å². The molecule has 0 spiro atoms. The maximum atomic E-state index is 13.4. The third kappa shape index (κ3) is 2.60. The van der Waals surface area contributed by atoms with Crippen LogP contribution >= 0.6 is 0 Å². The summed E-state index contributed by atoms with van der Waals surface area (Å²) >= 11 is 0. The molecule has 0 aliphatic carbocycles. The van der Waals surface area contributed by atoms with Gasteiger partial charge >= 0.3 is 0 Å². The molecule has 3 heterocycles. The first-order valence-corrected chi connectivity index (χ1v) is 9.88. The quantitative estimate of drug-likeness (QED) is 0.654. The Morgan fingerprint density at radius 2 is 1.54 bits per heavy atom. The van der Waals surface area contributed by atoms with Crippen LogP contribution in [0.3, 0.4) is 0 Å². The molecule has 4 heteroatoms. The second-order valence-corrected chi connectivity index (χ2v) is 7.81. The first-order chi connectivity index (χ1) is 13.6. The lowest BCUT2D eigenvalue weighted by atomic mass is 10.1. The molecule has 2 aliphatic rings. The maximum absolute atomic E-state index is 13.4. The van der Waals surface area contributed by atoms with Crippen molar-refractivity contribution >= 4 is 23.1 Å². The molecular weight excluding hydrogens is 346 g/mol. The third-order valence-corrected chi connectivity index (χ3v) is 5.87. The molecule has 2 unspecified atom stereocenters. The van der Waals surface area contributed by atoms with Gasteiger partial charge < -0.3 is 9.80 Å². The summed E-state index contributed by atoms with van der Waals surface area (Å²) in [6.07, 6.45) is 3.64. The minimum atomic E-state index is 0.0428. The molecular formula is C24H23N3O. The monoisotopic (exact) mass is 369 g/mol. The van der Waals surface area contributed by atoms with Crippen molar-refractivity contribution in [3.05, 3.63) is 83.6 Å². The van der Waals surface area contributed by atoms with Gasteiger partial charge in [-0.15, -0.1) is 0 Å². The SMILES string of the molecule is CC1Cc2ccccc2N1C(=O)c1ccnc(N2c3ccccc3CC2C)c1. The molecule has 3 aromatic rings. The molecule has 0 saturated carbocycles. The van der Waals surface area contributed by atoms with E-state index in [1.54, 1.807) is 6.20 Å². The van der Waals surface area contributed by atoms with E-state index >= 15 is 0 Å². The summed E-state index contributed by atoms with van der Waals surface area (Å²) in [6, 6.07) is 20.9. The van der Waals surface area contributed by atoms with Gasteiger partial charge in [-0.2, -0.15) is 0 Å². The summed E-state index contributed by atoms with van der Waals surface area (Å²) in [5.41, 5.74) is 5.46. The van der Waals surface area contributed by atoms with Crippen LogP contribution in [0.5, 0.6) is 0 Å². The lowest BCUT2D eigenvalue weighted by Crippen LogP contribution is -2.36. The van der Waals surface area contributed by atoms with Gasteiger partial charge in [0.2, 0.25) is 0 Å². The number of carbonyl (C=O) groups is 1. The predicted molar refractivity (Wildman–Crippen MR) is 112 cm³/mol. The van der Waals surface area contributed by atoms with Crippen LogP contribution in [0, 0.1) is 0 Å². The van der Waals surface area contributed by atoms with Crippen molar-refractivity contribution in [2.24, 2.45) is 0 Å². The second kappa shape index (κ2) is 6.48. The highest BCUT2D eigenvalue weighted by Gasteiger charge is 2.32. The Balaban J connectivity index is 1.51. The number of carbonyl (C=O) groups excluding carboxylic acids is 1. The number of aromatic nitrogens is 1. The molecule has 4 nitrogen and oxygen atoms in total. The number of para-hydroxylation sites is 2. The van der Waals surface area contributed by atoms with Gasteiger partial charge in [0.15, 0.2) is 0 Å². The number of benzene rings is 2. The maximum Gasteiger partial charge on any atom is 0.258 e. The number of amides is 1. The summed E-state index contributed by atoms with van der Waals surface area (Å²) in [7, 11) is 0. The second-order valence-electron chi connectivity index (χ2n) is 7.81. The van der Waals surface area contributed by atoms with Gasteiger partial charge in [-0.05, 0) is 62.1 Å². The van der Waals surface area contributed by atoms with Crippen molar-refractivity contribution in [2.75, 3.05) is 9.80 Å². The minimum Gasteiger partial charge on any atom is -0.323 e. The normalized spacial score (nSPS) is 20.2. The van der Waals surface area contributed by atoms with E-state index < -0.39 is 0 Å². The molecule has 2 aliphatic heterocycles. The van der Waals surface area contributed by atoms with Gasteiger partial charge in [-0.25, -0.2) is 4.98 Å². The van der Waals surface area contributed by atoms with E-state index in [0.29, 0.717) is 11.6 Å². The van der Waals surface area contributed by atoms with Crippen molar-refractivity contribution in [1.29, 1.82) is 0 Å². The van der Waals surface area contributed by atoms with Crippen molar-refractivity contribution in [1.82, 2.24) is 4.98 Å². The highest BCUT2D eigenvalue weighted by Crippen LogP contribution is 2.38. The first-order valence-electron chi connectivity index (χ1n) is 9.88. The first kappa shape index (κ1) is 17.0. The Morgan fingerprint density at radius 3 is 2.32 bits per heavy atom. The summed E-state index contributed by atoms with van der Waals surface area (Å²) in [5, 5.41) is 0. The Hall–Kier alpha value is -3.14. The Morgan fingerprint density at radius 1 is 0.893 bits per heavy atom. The zero-order chi connectivity index (χ0) is 19.3. The zero-order valence-corrected chi connectivity index (χ0v) is 16.2. The van der Waals surface area contributed by atoms with Crippen molar-refractivity contribution in [3.8, 4) is 0 Å². The molecule has 0 N–H and O–H groups in total. The van der Waals surface area contributed by atoms with Crippen LogP contribution < -0.4 is 9.80 Å². The van der Waals surface area contributed by atoms with Crippen LogP contribution in [0.4, 0.5) is 17.2 Å². The fraction of sp³-hybridized carbons (Fsp3) is 0.250. The van der Waals surface area contributed by atoms with Gasteiger partial charge in [-0.1, -0.05) is 36.4 Å². The Kier molecular flexibility index (Phi) is 3.93. The van der Waals surface area contributed by atoms with Gasteiger partial charge in [-0.3, -0.25) is 4.79 Å². The molecule has 0 bridgehead atoms. The van der Waals surface area contributed by atoms with Crippen molar-refractivity contribution < 1.29 is 4.79 Å². The van der Waals surface area contributed by atoms with Gasteiger partial charge in [0.05, 0.1) is 0 Å². The van der Waals surface area contributed by atoms with Crippen LogP contribution in [0.1, 0.15) is 35.3 Å². The lowest BCUT2D eigenvalue weighted by molar-refractivity contribution is 0.0981. The van der Waals surface area contributed by atoms with Crippen molar-refractivity contribution in [2.45, 2.75) is 38.8 Å². The standard InChI is InChI=1S/C24H23N3O/c1-16-13-18-7-3-5-9-21(18)26(16)23-15-20(11-12-25-23)24(28)27-17(2)14-19-8-4-6-10-22(19)27/h3-12,15-17H,13-14H2,1-2H3. The largest absolute Gasteiger partial charge is 0.323 e. The Labute approximate surface area is 165 Å². The molecule has 5 rings (SSSR count). The number of hydrogen-bond donors (Lipinski definition) is 0. The van der Waals surface area contributed by atoms with E-state index in [1.165, 1.54) is 16.8 Å². The molecule has 1 amide bonds. The molecule has 0 radical (unpaired) electrons. The summed E-state index contributed by atoms with van der Waals surface area (Å²) in [4.78, 5) is 22.2. The van der Waals surface area contributed by atoms with E-state index in [0.717, 1.165) is 24.3 Å². The molecule has 28 heavy (non-hydrogen) atoms. The number of anilines is 3. The lowest BCUT2D eigenvalue weighted by Gasteiger charge is -2.26. The van der Waals surface area contributed by atoms with Gasteiger partial charge in [0.1, 0.15) is 5.82 Å². The number of rotatable bonds is 2. The topological polar surface area (TPSA) is 36.4 Å². The van der Waals surface area contributed by atoms with Crippen LogP contribution in [-0.4, -0.2) is 23.0 Å². The molecule has 0 saturated heterocycles. The van der Waals surface area contributed by atoms with E-state index in [9.17, 15) is 4.79 Å². The average molecular weight is 369 g/mol. The van der Waals surface area contributed by atoms with E-state index in [2.05, 4.69) is 54.1 Å². The van der Waals surface area contributed by atoms with E-state index in [-0.39, 0.29) is 11.9 Å². The number of fused-ring (bicyclic) bond motifs is 2. The molecule has 1 aromatic heterocycles. The number of hydrogen-bond acceptors (Lipinski definition) is 3. The van der Waals surface area contributed by atoms with E-state index in [1.807, 2.05) is 35.2 Å². The van der Waals surface area contributed by atoms with Crippen molar-refractivity contribution in [3.63, 3.8) is 0 Å². The van der Waals surface area contributed by atoms with Crippen LogP contribution in [0.2, 0.25) is 0 Å². The highest BCUT2D eigenvalue weighted by atomic mass is 16.2. The highest BCUT2D eigenvalue weighted by molar-refractivity contribution is 6.08. The Bertz CT molecular complexity index is 1060. The van der Waals surface area contributed by atoms with Crippen LogP contribution in [0.25, 0.3) is 0 Å². The summed E-state index contributed by atoms with van der Waals surface area (Å²) in [6.45, 7) is 4.31. The number of nitrogens with zero attached hydrogens (tertiary/aromatic N) is 3. The number of pyridine rings is 1. The molecule has 2 aromatic carbocycles. The zero-order valence-electron chi connectivity index (χ0n) is 16.2. The van der Waals surface area contributed by atoms with E-state index in [4.69, 9.17) is 0 Å². The third-order valence-electron chi connectivity index (χ3n) is 5.87. The summed E-state index contributed by atoms with van der Waals surface area (Å²) in [5.74, 6) is 0.879. The summed E-state index contributed by atoms with van der Waals surface area (Å²) < 4.78 is 0. The van der Waals surface area contributed by atoms with Crippen LogP contribution in [0.15, 0.2) is 66.9 Å². The fourth-order valence-electron chi connectivity index (χ4n) is 4.61. The minimum absolute atomic E-state index is 0.0428. The van der Waals surface area contributed by atoms with Crippen LogP contribution in [-0.2, 0) is 12.8 Å². The molecule has 140 valence electrons. The fourth-order valence-corrected chi connectivity index (χ4v) is 4.61. The smallest absolute Gasteiger partial charge is 0.258 e. The molecule has 2 atom stereocenters. The van der Waals surface area contributed by atoms with Gasteiger partial charge in [0.25, 0.3) is 5.91 Å². The molecule has 0 fully saturated rings. The predicted octanol–water partition coefficient (Wildman–Crippen LogP) is 4.76.